The maximum absolute atomic E-state index is 12.4. The average Bonchev–Trinajstić information content (AvgIpc) is 3.43. The third kappa shape index (κ3) is 5.45. The van der Waals surface area contributed by atoms with E-state index >= 15 is 0 Å². The summed E-state index contributed by atoms with van der Waals surface area (Å²) in [7, 11) is 0. The number of hydrogen-bond acceptors (Lipinski definition) is 10. The normalized spacial score (nSPS) is 21.4. The zero-order valence-corrected chi connectivity index (χ0v) is 20.6. The highest BCUT2D eigenvalue weighted by Crippen LogP contribution is 2.33. The lowest BCUT2D eigenvalue weighted by atomic mass is 10.1. The third-order valence-corrected chi connectivity index (χ3v) is 6.50. The van der Waals surface area contributed by atoms with Crippen LogP contribution in [-0.2, 0) is 22.4 Å². The molecule has 2 aromatic rings. The topological polar surface area (TPSA) is 154 Å². The van der Waals surface area contributed by atoms with Gasteiger partial charge in [-0.15, -0.1) is 0 Å². The van der Waals surface area contributed by atoms with Crippen molar-refractivity contribution in [3.63, 3.8) is 0 Å². The molecule has 3 atom stereocenters. The van der Waals surface area contributed by atoms with Crippen LogP contribution in [0.5, 0.6) is 11.8 Å². The van der Waals surface area contributed by atoms with Gasteiger partial charge in [0.25, 0.3) is 11.8 Å². The van der Waals surface area contributed by atoms with Crippen LogP contribution in [0.15, 0.2) is 12.3 Å². The van der Waals surface area contributed by atoms with Gasteiger partial charge < -0.3 is 30.6 Å². The molecule has 192 valence electrons. The molecule has 36 heavy (non-hydrogen) atoms. The lowest BCUT2D eigenvalue weighted by Crippen LogP contribution is -2.30. The molecule has 0 radical (unpaired) electrons. The summed E-state index contributed by atoms with van der Waals surface area (Å²) in [6.45, 7) is 4.00. The van der Waals surface area contributed by atoms with Crippen LogP contribution in [0.25, 0.3) is 0 Å². The van der Waals surface area contributed by atoms with Crippen molar-refractivity contribution in [3.8, 4) is 11.8 Å². The Kier molecular flexibility index (Phi) is 7.08. The molecule has 0 spiro atoms. The van der Waals surface area contributed by atoms with Crippen molar-refractivity contribution < 1.29 is 23.8 Å². The Morgan fingerprint density at radius 1 is 1.36 bits per heavy atom. The number of carbonyl (C=O) groups is 2. The second-order valence-corrected chi connectivity index (χ2v) is 9.64. The molecule has 0 bridgehead atoms. The second-order valence-electron chi connectivity index (χ2n) is 9.28. The van der Waals surface area contributed by atoms with Gasteiger partial charge in [-0.05, 0) is 56.3 Å². The molecular formula is C23H28ClN7O5. The van der Waals surface area contributed by atoms with Crippen LogP contribution in [0, 0.1) is 5.92 Å². The molecule has 12 nitrogen and oxygen atoms in total. The zero-order valence-electron chi connectivity index (χ0n) is 19.8. The Morgan fingerprint density at radius 3 is 3.06 bits per heavy atom. The van der Waals surface area contributed by atoms with Crippen molar-refractivity contribution in [3.05, 3.63) is 28.5 Å². The summed E-state index contributed by atoms with van der Waals surface area (Å²) in [5, 5.41) is 6.55. The van der Waals surface area contributed by atoms with Gasteiger partial charge in [-0.25, -0.2) is 19.7 Å². The van der Waals surface area contributed by atoms with Gasteiger partial charge in [0.05, 0.1) is 12.7 Å². The Morgan fingerprint density at radius 2 is 2.22 bits per heavy atom. The number of hydrogen-bond donors (Lipinski definition) is 3. The predicted octanol–water partition coefficient (Wildman–Crippen LogP) is 1.30. The number of ether oxygens (including phenoxy) is 3. The fraction of sp³-hybridized carbons (Fsp3) is 0.522. The van der Waals surface area contributed by atoms with E-state index in [0.717, 1.165) is 30.5 Å². The van der Waals surface area contributed by atoms with Crippen molar-refractivity contribution in [2.45, 2.75) is 38.3 Å². The number of amides is 2. The second kappa shape index (κ2) is 10.4. The van der Waals surface area contributed by atoms with Crippen molar-refractivity contribution in [2.24, 2.45) is 11.7 Å². The van der Waals surface area contributed by atoms with Crippen LogP contribution >= 0.6 is 11.6 Å². The maximum atomic E-state index is 12.4. The molecule has 2 amide bonds. The Bertz CT molecular complexity index is 1160. The van der Waals surface area contributed by atoms with Crippen molar-refractivity contribution >= 4 is 35.2 Å². The van der Waals surface area contributed by atoms with E-state index in [0.29, 0.717) is 48.9 Å². The van der Waals surface area contributed by atoms with Crippen LogP contribution in [0.3, 0.4) is 0 Å². The number of nitrogens with zero attached hydrogens (tertiary/aromatic N) is 4. The summed E-state index contributed by atoms with van der Waals surface area (Å²) in [4.78, 5) is 38.1. The lowest BCUT2D eigenvalue weighted by molar-refractivity contribution is -0.118. The molecular weight excluding hydrogens is 490 g/mol. The van der Waals surface area contributed by atoms with Crippen LogP contribution in [0.1, 0.15) is 24.5 Å². The molecule has 1 aliphatic carbocycles. The standard InChI is InChI=1S/C23H28ClN7O5/c1-12(25)10-34-19-6-14-4-13(5-16(14)20(24)30-19)7-26-3-2-15-9-31(23(33)36-15)17-8-27-22-21(28-17)29-18(32)11-35-22/h6,8,12-13,15,26H,2-5,7,9-11,25H2,1H3,(H,28,29,32). The molecule has 3 aliphatic rings. The number of cyclic esters (lactones) is 1. The molecule has 13 heteroatoms. The van der Waals surface area contributed by atoms with Crippen molar-refractivity contribution in [1.82, 2.24) is 20.3 Å². The molecule has 5 rings (SSSR count). The molecule has 1 saturated heterocycles. The number of carbonyl (C=O) groups excluding carboxylic acids is 2. The van der Waals surface area contributed by atoms with E-state index in [1.54, 1.807) is 0 Å². The number of halogens is 1. The summed E-state index contributed by atoms with van der Waals surface area (Å²) in [6.07, 6.45) is 3.06. The summed E-state index contributed by atoms with van der Waals surface area (Å²) >= 11 is 6.39. The highest BCUT2D eigenvalue weighted by molar-refractivity contribution is 6.30. The number of rotatable bonds is 9. The summed E-state index contributed by atoms with van der Waals surface area (Å²) < 4.78 is 16.3. The number of nitrogens with one attached hydrogen (secondary N) is 2. The van der Waals surface area contributed by atoms with Crippen LogP contribution < -0.4 is 30.7 Å². The van der Waals surface area contributed by atoms with Crippen LogP contribution in [0.2, 0.25) is 5.15 Å². The minimum atomic E-state index is -0.493. The molecule has 0 aromatic carbocycles. The molecule has 4 N–H and O–H groups in total. The van der Waals surface area contributed by atoms with Gasteiger partial charge in [-0.1, -0.05) is 11.6 Å². The number of aromatic nitrogens is 3. The van der Waals surface area contributed by atoms with Gasteiger partial charge in [-0.2, -0.15) is 0 Å². The Hall–Kier alpha value is -3.22. The predicted molar refractivity (Wildman–Crippen MR) is 131 cm³/mol. The first kappa shape index (κ1) is 24.5. The van der Waals surface area contributed by atoms with Crippen molar-refractivity contribution in [2.75, 3.05) is 43.1 Å². The number of anilines is 2. The third-order valence-electron chi connectivity index (χ3n) is 6.19. The Balaban J connectivity index is 1.08. The lowest BCUT2D eigenvalue weighted by Gasteiger charge is -2.18. The number of fused-ring (bicyclic) bond motifs is 2. The van der Waals surface area contributed by atoms with Gasteiger partial charge in [-0.3, -0.25) is 9.69 Å². The summed E-state index contributed by atoms with van der Waals surface area (Å²) in [5.41, 5.74) is 7.99. The number of nitrogens with two attached hydrogens (primary N) is 1. The van der Waals surface area contributed by atoms with Crippen LogP contribution in [0.4, 0.5) is 16.4 Å². The molecule has 4 heterocycles. The first-order chi connectivity index (χ1) is 17.4. The van der Waals surface area contributed by atoms with Gasteiger partial charge >= 0.3 is 6.09 Å². The van der Waals surface area contributed by atoms with E-state index < -0.39 is 6.09 Å². The fourth-order valence-electron chi connectivity index (χ4n) is 4.49. The molecule has 3 unspecified atom stereocenters. The smallest absolute Gasteiger partial charge is 0.415 e. The van der Waals surface area contributed by atoms with E-state index in [2.05, 4.69) is 25.6 Å². The minimum Gasteiger partial charge on any atom is -0.476 e. The van der Waals surface area contributed by atoms with Gasteiger partial charge in [0.15, 0.2) is 18.2 Å². The minimum absolute atomic E-state index is 0.0785. The summed E-state index contributed by atoms with van der Waals surface area (Å²) in [5.74, 6) is 1.32. The number of pyridine rings is 1. The van der Waals surface area contributed by atoms with Gasteiger partial charge in [0.1, 0.15) is 17.9 Å². The monoisotopic (exact) mass is 517 g/mol. The van der Waals surface area contributed by atoms with Gasteiger partial charge in [0, 0.05) is 12.1 Å². The average molecular weight is 518 g/mol. The summed E-state index contributed by atoms with van der Waals surface area (Å²) in [6, 6.07) is 1.88. The van der Waals surface area contributed by atoms with Crippen LogP contribution in [-0.4, -0.2) is 71.9 Å². The molecule has 2 aliphatic heterocycles. The van der Waals surface area contributed by atoms with Gasteiger partial charge in [0.2, 0.25) is 5.88 Å². The van der Waals surface area contributed by atoms with E-state index in [9.17, 15) is 9.59 Å². The molecule has 2 aromatic heterocycles. The van der Waals surface area contributed by atoms with E-state index in [4.69, 9.17) is 31.5 Å². The highest BCUT2D eigenvalue weighted by atomic mass is 35.5. The largest absolute Gasteiger partial charge is 0.476 e. The molecule has 0 saturated carbocycles. The van der Waals surface area contributed by atoms with Crippen molar-refractivity contribution in [1.29, 1.82) is 0 Å². The molecule has 1 fully saturated rings. The fourth-order valence-corrected chi connectivity index (χ4v) is 4.77. The zero-order chi connectivity index (χ0) is 25.2. The SMILES string of the molecule is CC(N)COc1cc2c(c(Cl)n1)CC(CNCCC1CN(c3cnc4c(n3)NC(=O)CO4)C(=O)O1)C2. The highest BCUT2D eigenvalue weighted by Gasteiger charge is 2.34. The quantitative estimate of drug-likeness (QED) is 0.327. The first-order valence-corrected chi connectivity index (χ1v) is 12.3. The van der Waals surface area contributed by atoms with E-state index in [1.807, 2.05) is 13.0 Å². The first-order valence-electron chi connectivity index (χ1n) is 11.9. The van der Waals surface area contributed by atoms with E-state index in [1.165, 1.54) is 11.1 Å². The van der Waals surface area contributed by atoms with E-state index in [-0.39, 0.29) is 36.4 Å². The maximum Gasteiger partial charge on any atom is 0.415 e. The Labute approximate surface area is 212 Å².